The maximum absolute atomic E-state index is 14.0. The van der Waals surface area contributed by atoms with E-state index in [0.29, 0.717) is 0 Å². The largest absolute Gasteiger partial charge is 0.491 e. The van der Waals surface area contributed by atoms with Crippen molar-refractivity contribution in [2.75, 3.05) is 6.61 Å². The summed E-state index contributed by atoms with van der Waals surface area (Å²) in [4.78, 5) is 0. The Morgan fingerprint density at radius 3 is 1.95 bits per heavy atom. The molecule has 2 aromatic carbocycles. The Labute approximate surface area is 123 Å². The van der Waals surface area contributed by atoms with Crippen LogP contribution in [0.3, 0.4) is 0 Å². The minimum absolute atomic E-state index is 0.113. The van der Waals surface area contributed by atoms with Crippen LogP contribution in [0.1, 0.15) is 6.92 Å². The third kappa shape index (κ3) is 2.79. The van der Waals surface area contributed by atoms with Gasteiger partial charge in [-0.2, -0.15) is 4.39 Å². The Hall–Kier alpha value is -2.06. The number of ether oxygens (including phenoxy) is 1. The van der Waals surface area contributed by atoms with Crippen LogP contribution in [0.5, 0.6) is 5.75 Å². The molecule has 0 bridgehead atoms. The Morgan fingerprint density at radius 2 is 1.41 bits per heavy atom. The van der Waals surface area contributed by atoms with E-state index in [0.717, 1.165) is 24.3 Å². The van der Waals surface area contributed by atoms with Crippen LogP contribution >= 0.6 is 0 Å². The highest BCUT2D eigenvalue weighted by atomic mass is 19.2. The Bertz CT molecular complexity index is 707. The summed E-state index contributed by atoms with van der Waals surface area (Å²) in [6.45, 7) is 1.70. The Morgan fingerprint density at radius 1 is 0.864 bits per heavy atom. The molecule has 0 aliphatic carbocycles. The highest BCUT2D eigenvalue weighted by Crippen LogP contribution is 2.31. The van der Waals surface area contributed by atoms with Gasteiger partial charge in [-0.3, -0.25) is 0 Å². The van der Waals surface area contributed by atoms with Gasteiger partial charge in [0.2, 0.25) is 5.82 Å². The lowest BCUT2D eigenvalue weighted by Gasteiger charge is -2.11. The zero-order valence-electron chi connectivity index (χ0n) is 11.4. The van der Waals surface area contributed by atoms with Gasteiger partial charge in [0.15, 0.2) is 23.2 Å². The number of hydrogen-bond acceptors (Lipinski definition) is 3. The van der Waals surface area contributed by atoms with Crippen molar-refractivity contribution in [3.05, 3.63) is 47.5 Å². The number of rotatable bonds is 4. The van der Waals surface area contributed by atoms with Crippen molar-refractivity contribution < 1.29 is 32.3 Å². The lowest BCUT2D eigenvalue weighted by Crippen LogP contribution is -2.33. The molecule has 0 saturated carbocycles. The summed E-state index contributed by atoms with van der Waals surface area (Å²) < 4.78 is 60.3. The fourth-order valence-corrected chi connectivity index (χ4v) is 1.98. The first kappa shape index (κ1) is 16.3. The summed E-state index contributed by atoms with van der Waals surface area (Å²) >= 11 is 0. The van der Waals surface area contributed by atoms with E-state index >= 15 is 0 Å². The number of benzene rings is 2. The Kier molecular flexibility index (Phi) is 4.73. The molecule has 2 rings (SSSR count). The van der Waals surface area contributed by atoms with E-state index in [1.54, 1.807) is 6.92 Å². The Balaban J connectivity index is 2.58. The molecule has 0 atom stereocenters. The van der Waals surface area contributed by atoms with Crippen LogP contribution in [0.4, 0.5) is 17.6 Å². The summed E-state index contributed by atoms with van der Waals surface area (Å²) in [6, 6.07) is 3.97. The molecule has 2 aromatic rings. The third-order valence-corrected chi connectivity index (χ3v) is 3.03. The van der Waals surface area contributed by atoms with Crippen LogP contribution in [0, 0.1) is 23.3 Å². The molecule has 0 unspecified atom stereocenters. The zero-order valence-corrected chi connectivity index (χ0v) is 11.4. The molecule has 3 nitrogen and oxygen atoms in total. The van der Waals surface area contributed by atoms with Gasteiger partial charge in [0.25, 0.3) is 0 Å². The van der Waals surface area contributed by atoms with Crippen molar-refractivity contribution in [3.63, 3.8) is 0 Å². The molecule has 0 spiro atoms. The molecule has 22 heavy (non-hydrogen) atoms. The van der Waals surface area contributed by atoms with Crippen LogP contribution in [0.15, 0.2) is 24.3 Å². The molecule has 0 fully saturated rings. The number of halogens is 4. The molecule has 0 heterocycles. The van der Waals surface area contributed by atoms with Crippen molar-refractivity contribution >= 4 is 12.6 Å². The fourth-order valence-electron chi connectivity index (χ4n) is 1.98. The first-order valence-electron chi connectivity index (χ1n) is 6.33. The van der Waals surface area contributed by atoms with E-state index in [1.165, 1.54) is 0 Å². The van der Waals surface area contributed by atoms with Crippen molar-refractivity contribution in [3.8, 4) is 16.9 Å². The molecule has 0 saturated heterocycles. The van der Waals surface area contributed by atoms with Gasteiger partial charge in [0, 0.05) is 16.6 Å². The summed E-state index contributed by atoms with van der Waals surface area (Å²) in [6.07, 6.45) is 0. The summed E-state index contributed by atoms with van der Waals surface area (Å²) in [5.41, 5.74) is -1.74. The summed E-state index contributed by atoms with van der Waals surface area (Å²) in [5.74, 6) is -6.09. The molecular formula is C14H11BF4O3. The molecule has 0 aromatic heterocycles. The third-order valence-electron chi connectivity index (χ3n) is 3.03. The van der Waals surface area contributed by atoms with E-state index in [2.05, 4.69) is 0 Å². The molecule has 0 aliphatic rings. The molecule has 2 N–H and O–H groups in total. The second-order valence-electron chi connectivity index (χ2n) is 4.38. The molecule has 0 aliphatic heterocycles. The van der Waals surface area contributed by atoms with Gasteiger partial charge in [-0.05, 0) is 19.1 Å². The predicted octanol–water partition coefficient (Wildman–Crippen LogP) is 1.99. The van der Waals surface area contributed by atoms with Crippen molar-refractivity contribution in [2.45, 2.75) is 6.92 Å². The van der Waals surface area contributed by atoms with Crippen molar-refractivity contribution in [2.24, 2.45) is 0 Å². The van der Waals surface area contributed by atoms with Crippen LogP contribution < -0.4 is 10.2 Å². The summed E-state index contributed by atoms with van der Waals surface area (Å²) in [7, 11) is -2.22. The normalized spacial score (nSPS) is 10.7. The fraction of sp³-hybridized carbons (Fsp3) is 0.143. The van der Waals surface area contributed by atoms with Crippen LogP contribution in [-0.2, 0) is 0 Å². The second kappa shape index (κ2) is 6.37. The lowest BCUT2D eigenvalue weighted by atomic mass is 9.79. The second-order valence-corrected chi connectivity index (χ2v) is 4.38. The molecule has 0 amide bonds. The molecule has 8 heteroatoms. The van der Waals surface area contributed by atoms with E-state index in [1.807, 2.05) is 0 Å². The van der Waals surface area contributed by atoms with Crippen LogP contribution in [-0.4, -0.2) is 23.8 Å². The van der Waals surface area contributed by atoms with E-state index in [4.69, 9.17) is 14.8 Å². The van der Waals surface area contributed by atoms with E-state index < -0.39 is 47.0 Å². The molecular weight excluding hydrogens is 303 g/mol. The van der Waals surface area contributed by atoms with Gasteiger partial charge in [-0.25, -0.2) is 13.2 Å². The van der Waals surface area contributed by atoms with Crippen LogP contribution in [0.25, 0.3) is 11.1 Å². The SMILES string of the molecule is CCOc1ccc(-c2ccc(B(O)O)c(F)c2F)c(F)c1F. The van der Waals surface area contributed by atoms with Gasteiger partial charge < -0.3 is 14.8 Å². The van der Waals surface area contributed by atoms with E-state index in [-0.39, 0.29) is 12.4 Å². The average molecular weight is 314 g/mol. The topological polar surface area (TPSA) is 49.7 Å². The van der Waals surface area contributed by atoms with Gasteiger partial charge in [-0.15, -0.1) is 0 Å². The average Bonchev–Trinajstić information content (AvgIpc) is 2.47. The smallest absolute Gasteiger partial charge is 0.491 e. The summed E-state index contributed by atoms with van der Waals surface area (Å²) in [5, 5.41) is 17.8. The minimum atomic E-state index is -2.22. The van der Waals surface area contributed by atoms with Crippen molar-refractivity contribution in [1.82, 2.24) is 0 Å². The van der Waals surface area contributed by atoms with Gasteiger partial charge in [0.1, 0.15) is 0 Å². The first-order chi connectivity index (χ1) is 10.4. The molecule has 116 valence electrons. The first-order valence-corrected chi connectivity index (χ1v) is 6.33. The maximum Gasteiger partial charge on any atom is 0.491 e. The zero-order chi connectivity index (χ0) is 16.4. The van der Waals surface area contributed by atoms with E-state index in [9.17, 15) is 17.6 Å². The molecule has 0 radical (unpaired) electrons. The maximum atomic E-state index is 14.0. The highest BCUT2D eigenvalue weighted by molar-refractivity contribution is 6.58. The monoisotopic (exact) mass is 314 g/mol. The van der Waals surface area contributed by atoms with Gasteiger partial charge in [0.05, 0.1) is 6.61 Å². The van der Waals surface area contributed by atoms with Crippen molar-refractivity contribution in [1.29, 1.82) is 0 Å². The predicted molar refractivity (Wildman–Crippen MR) is 72.7 cm³/mol. The van der Waals surface area contributed by atoms with Crippen LogP contribution in [0.2, 0.25) is 0 Å². The standard InChI is InChI=1S/C14H11BF4O3/c1-2-22-10-6-4-8(12(17)14(10)19)7-3-5-9(15(20)21)13(18)11(7)16/h3-6,20-21H,2H2,1H3. The lowest BCUT2D eigenvalue weighted by molar-refractivity contribution is 0.314. The highest BCUT2D eigenvalue weighted by Gasteiger charge is 2.24. The van der Waals surface area contributed by atoms with Gasteiger partial charge in [-0.1, -0.05) is 12.1 Å². The minimum Gasteiger partial charge on any atom is -0.491 e. The number of hydrogen-bond donors (Lipinski definition) is 2. The van der Waals surface area contributed by atoms with Gasteiger partial charge >= 0.3 is 7.12 Å². The quantitative estimate of drug-likeness (QED) is 0.670.